The Morgan fingerprint density at radius 1 is 1.35 bits per heavy atom. The second-order valence-electron chi connectivity index (χ2n) is 4.41. The zero-order valence-electron chi connectivity index (χ0n) is 12.9. The molecule has 0 amide bonds. The summed E-state index contributed by atoms with van der Waals surface area (Å²) in [4.78, 5) is 0. The van der Waals surface area contributed by atoms with Crippen molar-refractivity contribution in [2.24, 2.45) is 5.10 Å². The van der Waals surface area contributed by atoms with Crippen LogP contribution in [0.5, 0.6) is 5.75 Å². The molecule has 1 aromatic carbocycles. The molecule has 1 aromatic heterocycles. The van der Waals surface area contributed by atoms with Gasteiger partial charge in [-0.1, -0.05) is 11.8 Å². The lowest BCUT2D eigenvalue weighted by Gasteiger charge is -2.08. The van der Waals surface area contributed by atoms with Crippen molar-refractivity contribution in [3.8, 4) is 5.75 Å². The van der Waals surface area contributed by atoms with E-state index < -0.39 is 12.2 Å². The maximum atomic E-state index is 12.9. The number of thioether (sulfide) groups is 1. The van der Waals surface area contributed by atoms with Crippen LogP contribution in [0.25, 0.3) is 0 Å². The van der Waals surface area contributed by atoms with Gasteiger partial charge in [-0.15, -0.1) is 10.2 Å². The van der Waals surface area contributed by atoms with Gasteiger partial charge in [-0.2, -0.15) is 9.78 Å². The van der Waals surface area contributed by atoms with E-state index in [1.807, 2.05) is 6.07 Å². The van der Waals surface area contributed by atoms with E-state index >= 15 is 0 Å². The molecule has 2 rings (SSSR count). The lowest BCUT2D eigenvalue weighted by Crippen LogP contribution is -2.01. The maximum absolute atomic E-state index is 12.9. The molecule has 0 bridgehead atoms. The van der Waals surface area contributed by atoms with Crippen LogP contribution in [0.3, 0.4) is 0 Å². The third-order valence-electron chi connectivity index (χ3n) is 2.94. The Balaban J connectivity index is 2.33. The SMILES string of the molecule is COCc1cc(/C=N\n2c(SC)nnc2C(F)F)ccc1OC. The number of ether oxygens (including phenoxy) is 2. The number of benzene rings is 1. The summed E-state index contributed by atoms with van der Waals surface area (Å²) in [5, 5.41) is 11.5. The standard InChI is InChI=1S/C14H16F2N4O2S/c1-21-8-10-6-9(4-5-11(10)22-2)7-17-20-13(12(15)16)18-19-14(20)23-3/h4-7,12H,8H2,1-3H3/b17-7-. The number of alkyl halides is 2. The van der Waals surface area contributed by atoms with Gasteiger partial charge >= 0.3 is 0 Å². The molecule has 0 spiro atoms. The minimum Gasteiger partial charge on any atom is -0.496 e. The molecule has 1 heterocycles. The van der Waals surface area contributed by atoms with Gasteiger partial charge in [0.15, 0.2) is 0 Å². The largest absolute Gasteiger partial charge is 0.496 e. The Hall–Kier alpha value is -2.00. The molecule has 0 radical (unpaired) electrons. The summed E-state index contributed by atoms with van der Waals surface area (Å²) >= 11 is 1.19. The molecule has 0 saturated heterocycles. The number of halogens is 2. The minimum absolute atomic E-state index is 0.294. The second-order valence-corrected chi connectivity index (χ2v) is 5.18. The van der Waals surface area contributed by atoms with Crippen LogP contribution in [-0.4, -0.2) is 41.6 Å². The van der Waals surface area contributed by atoms with Gasteiger partial charge in [0, 0.05) is 12.7 Å². The maximum Gasteiger partial charge on any atom is 0.299 e. The van der Waals surface area contributed by atoms with Gasteiger partial charge < -0.3 is 9.47 Å². The highest BCUT2D eigenvalue weighted by atomic mass is 32.2. The first-order valence-corrected chi connectivity index (χ1v) is 7.80. The molecular formula is C14H16F2N4O2S. The van der Waals surface area contributed by atoms with E-state index in [0.717, 1.165) is 15.8 Å². The molecular weight excluding hydrogens is 326 g/mol. The van der Waals surface area contributed by atoms with Gasteiger partial charge in [0.25, 0.3) is 6.43 Å². The highest BCUT2D eigenvalue weighted by Crippen LogP contribution is 2.22. The summed E-state index contributed by atoms with van der Waals surface area (Å²) < 4.78 is 37.2. The van der Waals surface area contributed by atoms with Crippen LogP contribution >= 0.6 is 11.8 Å². The Bertz CT molecular complexity index is 691. The first kappa shape index (κ1) is 17.4. The van der Waals surface area contributed by atoms with Crippen LogP contribution in [0.2, 0.25) is 0 Å². The molecule has 6 nitrogen and oxygen atoms in total. The fraction of sp³-hybridized carbons (Fsp3) is 0.357. The van der Waals surface area contributed by atoms with Crippen LogP contribution < -0.4 is 4.74 Å². The number of rotatable bonds is 7. The number of methoxy groups -OCH3 is 2. The topological polar surface area (TPSA) is 61.5 Å². The van der Waals surface area contributed by atoms with Gasteiger partial charge in [0.05, 0.1) is 19.9 Å². The van der Waals surface area contributed by atoms with Crippen molar-refractivity contribution in [2.45, 2.75) is 18.2 Å². The molecule has 2 aromatic rings. The van der Waals surface area contributed by atoms with Crippen LogP contribution in [0.15, 0.2) is 28.5 Å². The van der Waals surface area contributed by atoms with Crippen LogP contribution in [-0.2, 0) is 11.3 Å². The summed E-state index contributed by atoms with van der Waals surface area (Å²) in [6, 6.07) is 5.36. The van der Waals surface area contributed by atoms with E-state index in [-0.39, 0.29) is 0 Å². The van der Waals surface area contributed by atoms with Crippen molar-refractivity contribution in [3.63, 3.8) is 0 Å². The van der Waals surface area contributed by atoms with E-state index in [2.05, 4.69) is 15.3 Å². The molecule has 0 aliphatic rings. The zero-order chi connectivity index (χ0) is 16.8. The monoisotopic (exact) mass is 342 g/mol. The van der Waals surface area contributed by atoms with Crippen LogP contribution in [0, 0.1) is 0 Å². The second kappa shape index (κ2) is 8.02. The Labute approximate surface area is 136 Å². The van der Waals surface area contributed by atoms with Crippen molar-refractivity contribution < 1.29 is 18.3 Å². The van der Waals surface area contributed by atoms with E-state index in [0.29, 0.717) is 17.5 Å². The average Bonchev–Trinajstić information content (AvgIpc) is 2.96. The van der Waals surface area contributed by atoms with Crippen LogP contribution in [0.4, 0.5) is 8.78 Å². The smallest absolute Gasteiger partial charge is 0.299 e. The predicted molar refractivity (Wildman–Crippen MR) is 83.5 cm³/mol. The highest BCUT2D eigenvalue weighted by Gasteiger charge is 2.19. The predicted octanol–water partition coefficient (Wildman–Crippen LogP) is 2.97. The molecule has 0 saturated carbocycles. The Morgan fingerprint density at radius 2 is 2.13 bits per heavy atom. The summed E-state index contributed by atoms with van der Waals surface area (Å²) in [6.45, 7) is 0.371. The van der Waals surface area contributed by atoms with E-state index in [9.17, 15) is 8.78 Å². The number of hydrogen-bond acceptors (Lipinski definition) is 6. The highest BCUT2D eigenvalue weighted by molar-refractivity contribution is 7.98. The molecule has 9 heteroatoms. The minimum atomic E-state index is -2.75. The lowest BCUT2D eigenvalue weighted by molar-refractivity contribution is 0.135. The van der Waals surface area contributed by atoms with Crippen molar-refractivity contribution in [1.29, 1.82) is 0 Å². The molecule has 23 heavy (non-hydrogen) atoms. The first-order chi connectivity index (χ1) is 11.1. The van der Waals surface area contributed by atoms with Gasteiger partial charge in [0.1, 0.15) is 5.75 Å². The van der Waals surface area contributed by atoms with Crippen molar-refractivity contribution >= 4 is 18.0 Å². The van der Waals surface area contributed by atoms with E-state index in [4.69, 9.17) is 9.47 Å². The van der Waals surface area contributed by atoms with Crippen molar-refractivity contribution in [1.82, 2.24) is 14.9 Å². The molecule has 0 atom stereocenters. The normalized spacial score (nSPS) is 11.6. The molecule has 0 fully saturated rings. The molecule has 124 valence electrons. The summed E-state index contributed by atoms with van der Waals surface area (Å²) in [5.41, 5.74) is 1.56. The number of hydrogen-bond donors (Lipinski definition) is 0. The molecule has 0 N–H and O–H groups in total. The van der Waals surface area contributed by atoms with Gasteiger partial charge in [-0.25, -0.2) is 8.78 Å². The Morgan fingerprint density at radius 3 is 2.74 bits per heavy atom. The van der Waals surface area contributed by atoms with E-state index in [1.165, 1.54) is 18.0 Å². The third-order valence-corrected chi connectivity index (χ3v) is 3.56. The quantitative estimate of drug-likeness (QED) is 0.572. The van der Waals surface area contributed by atoms with Gasteiger partial charge in [0.2, 0.25) is 11.0 Å². The molecule has 0 aliphatic carbocycles. The molecule has 0 unspecified atom stereocenters. The van der Waals surface area contributed by atoms with Crippen molar-refractivity contribution in [3.05, 3.63) is 35.2 Å². The molecule has 0 aliphatic heterocycles. The number of nitrogens with zero attached hydrogens (tertiary/aromatic N) is 4. The fourth-order valence-electron chi connectivity index (χ4n) is 1.92. The van der Waals surface area contributed by atoms with Crippen molar-refractivity contribution in [2.75, 3.05) is 20.5 Å². The summed E-state index contributed by atoms with van der Waals surface area (Å²) in [6.07, 6.45) is 0.434. The van der Waals surface area contributed by atoms with Crippen LogP contribution in [0.1, 0.15) is 23.4 Å². The first-order valence-electron chi connectivity index (χ1n) is 6.58. The third kappa shape index (κ3) is 4.05. The average molecular weight is 342 g/mol. The van der Waals surface area contributed by atoms with Gasteiger partial charge in [-0.3, -0.25) is 0 Å². The lowest BCUT2D eigenvalue weighted by atomic mass is 10.1. The van der Waals surface area contributed by atoms with E-state index in [1.54, 1.807) is 32.6 Å². The zero-order valence-corrected chi connectivity index (χ0v) is 13.7. The fourth-order valence-corrected chi connectivity index (χ4v) is 2.36. The summed E-state index contributed by atoms with van der Waals surface area (Å²) in [7, 11) is 3.15. The Kier molecular flexibility index (Phi) is 6.05. The van der Waals surface area contributed by atoms with Gasteiger partial charge in [-0.05, 0) is 30.0 Å². The summed E-state index contributed by atoms with van der Waals surface area (Å²) in [5.74, 6) is 0.197. The number of aromatic nitrogens is 3.